The lowest BCUT2D eigenvalue weighted by Crippen LogP contribution is -2.52. The van der Waals surface area contributed by atoms with Crippen molar-refractivity contribution in [3.05, 3.63) is 0 Å². The zero-order valence-corrected chi connectivity index (χ0v) is 12.3. The lowest BCUT2D eigenvalue weighted by molar-refractivity contribution is 0.242. The molecule has 0 spiro atoms. The molecule has 0 aromatic rings. The van der Waals surface area contributed by atoms with Crippen LogP contribution in [0.3, 0.4) is 0 Å². The van der Waals surface area contributed by atoms with E-state index in [9.17, 15) is 8.42 Å². The molecule has 6 heteroatoms. The quantitative estimate of drug-likeness (QED) is 0.729. The second kappa shape index (κ2) is 5.68. The van der Waals surface area contributed by atoms with Gasteiger partial charge in [-0.15, -0.1) is 0 Å². The van der Waals surface area contributed by atoms with Gasteiger partial charge in [0.05, 0.1) is 0 Å². The summed E-state index contributed by atoms with van der Waals surface area (Å²) in [5, 5.41) is 3.47. The minimum atomic E-state index is -3.27. The molecule has 3 aliphatic rings. The number of nitrogens with one attached hydrogen (secondary N) is 2. The molecule has 1 heterocycles. The molecule has 1 unspecified atom stereocenters. The van der Waals surface area contributed by atoms with Crippen molar-refractivity contribution in [2.45, 2.75) is 57.0 Å². The van der Waals surface area contributed by atoms with Crippen molar-refractivity contribution in [2.24, 2.45) is 5.92 Å². The van der Waals surface area contributed by atoms with Crippen molar-refractivity contribution in [2.75, 3.05) is 19.6 Å². The fourth-order valence-electron chi connectivity index (χ4n) is 2.71. The highest BCUT2D eigenvalue weighted by Crippen LogP contribution is 2.28. The van der Waals surface area contributed by atoms with Gasteiger partial charge >= 0.3 is 0 Å². The van der Waals surface area contributed by atoms with Gasteiger partial charge in [-0.25, -0.2) is 4.72 Å². The SMILES string of the molecule is O=S(=O)(NCC1CC1)N1CCCCC1CNC1CC1. The molecule has 3 rings (SSSR count). The van der Waals surface area contributed by atoms with E-state index in [1.807, 2.05) is 0 Å². The van der Waals surface area contributed by atoms with Crippen LogP contribution in [0.2, 0.25) is 0 Å². The van der Waals surface area contributed by atoms with Gasteiger partial charge in [0.25, 0.3) is 10.2 Å². The highest BCUT2D eigenvalue weighted by Gasteiger charge is 2.34. The summed E-state index contributed by atoms with van der Waals surface area (Å²) in [7, 11) is -3.27. The zero-order valence-electron chi connectivity index (χ0n) is 11.5. The fraction of sp³-hybridized carbons (Fsp3) is 1.00. The zero-order chi connectivity index (χ0) is 13.3. The van der Waals surface area contributed by atoms with Crippen LogP contribution < -0.4 is 10.0 Å². The molecule has 2 aliphatic carbocycles. The largest absolute Gasteiger partial charge is 0.312 e. The second-order valence-electron chi connectivity index (χ2n) is 6.24. The second-order valence-corrected chi connectivity index (χ2v) is 7.95. The summed E-state index contributed by atoms with van der Waals surface area (Å²) in [4.78, 5) is 0. The standard InChI is InChI=1S/C13H25N3O2S/c17-19(18,15-9-11-4-5-11)16-8-2-1-3-13(16)10-14-12-6-7-12/h11-15H,1-10H2. The van der Waals surface area contributed by atoms with E-state index in [-0.39, 0.29) is 6.04 Å². The number of rotatable bonds is 7. The third kappa shape index (κ3) is 3.90. The van der Waals surface area contributed by atoms with Gasteiger partial charge in [0.1, 0.15) is 0 Å². The van der Waals surface area contributed by atoms with E-state index in [1.54, 1.807) is 4.31 Å². The Balaban J connectivity index is 1.56. The molecule has 0 amide bonds. The molecule has 0 aromatic heterocycles. The van der Waals surface area contributed by atoms with Gasteiger partial charge in [-0.05, 0) is 44.4 Å². The van der Waals surface area contributed by atoms with E-state index in [1.165, 1.54) is 25.7 Å². The highest BCUT2D eigenvalue weighted by atomic mass is 32.2. The molecule has 2 N–H and O–H groups in total. The molecule has 0 aromatic carbocycles. The van der Waals surface area contributed by atoms with Crippen LogP contribution in [-0.2, 0) is 10.2 Å². The number of hydrogen-bond acceptors (Lipinski definition) is 3. The predicted molar refractivity (Wildman–Crippen MR) is 75.0 cm³/mol. The average Bonchev–Trinajstić information content (AvgIpc) is 3.29. The Morgan fingerprint density at radius 2 is 1.79 bits per heavy atom. The van der Waals surface area contributed by atoms with Crippen LogP contribution in [0.25, 0.3) is 0 Å². The van der Waals surface area contributed by atoms with Crippen LogP contribution in [-0.4, -0.2) is 44.4 Å². The summed E-state index contributed by atoms with van der Waals surface area (Å²) in [5.74, 6) is 0.586. The Morgan fingerprint density at radius 3 is 2.47 bits per heavy atom. The van der Waals surface area contributed by atoms with Gasteiger partial charge in [-0.3, -0.25) is 0 Å². The lowest BCUT2D eigenvalue weighted by Gasteiger charge is -2.34. The number of piperidine rings is 1. The predicted octanol–water partition coefficient (Wildman–Crippen LogP) is 0.837. The first-order valence-electron chi connectivity index (χ1n) is 7.65. The summed E-state index contributed by atoms with van der Waals surface area (Å²) in [6.07, 6.45) is 7.98. The summed E-state index contributed by atoms with van der Waals surface area (Å²) in [6.45, 7) is 2.12. The van der Waals surface area contributed by atoms with Crippen molar-refractivity contribution in [1.29, 1.82) is 0 Å². The molecule has 0 radical (unpaired) electrons. The molecule has 19 heavy (non-hydrogen) atoms. The van der Waals surface area contributed by atoms with Crippen LogP contribution in [0.1, 0.15) is 44.9 Å². The van der Waals surface area contributed by atoms with Gasteiger partial charge in [-0.1, -0.05) is 6.42 Å². The Bertz CT molecular complexity index is 404. The molecule has 2 saturated carbocycles. The molecule has 1 atom stereocenters. The third-order valence-electron chi connectivity index (χ3n) is 4.35. The Labute approximate surface area is 116 Å². The number of hydrogen-bond donors (Lipinski definition) is 2. The Hall–Kier alpha value is -0.170. The monoisotopic (exact) mass is 287 g/mol. The van der Waals surface area contributed by atoms with Crippen molar-refractivity contribution in [1.82, 2.24) is 14.3 Å². The smallest absolute Gasteiger partial charge is 0.279 e. The van der Waals surface area contributed by atoms with Crippen LogP contribution in [0.15, 0.2) is 0 Å². The highest BCUT2D eigenvalue weighted by molar-refractivity contribution is 7.87. The summed E-state index contributed by atoms with van der Waals surface area (Å²) in [6, 6.07) is 0.789. The van der Waals surface area contributed by atoms with E-state index in [0.717, 1.165) is 25.8 Å². The van der Waals surface area contributed by atoms with E-state index < -0.39 is 10.2 Å². The first-order valence-corrected chi connectivity index (χ1v) is 9.09. The first kappa shape index (κ1) is 13.8. The first-order chi connectivity index (χ1) is 9.15. The van der Waals surface area contributed by atoms with Gasteiger partial charge in [0.15, 0.2) is 0 Å². The van der Waals surface area contributed by atoms with E-state index in [4.69, 9.17) is 0 Å². The van der Waals surface area contributed by atoms with E-state index >= 15 is 0 Å². The lowest BCUT2D eigenvalue weighted by atomic mass is 10.1. The molecule has 3 fully saturated rings. The van der Waals surface area contributed by atoms with Crippen LogP contribution in [0.5, 0.6) is 0 Å². The molecule has 1 saturated heterocycles. The van der Waals surface area contributed by atoms with Gasteiger partial charge in [-0.2, -0.15) is 12.7 Å². The summed E-state index contributed by atoms with van der Waals surface area (Å²) >= 11 is 0. The molecule has 0 bridgehead atoms. The fourth-order valence-corrected chi connectivity index (χ4v) is 4.27. The maximum absolute atomic E-state index is 12.4. The van der Waals surface area contributed by atoms with Crippen molar-refractivity contribution < 1.29 is 8.42 Å². The Morgan fingerprint density at radius 1 is 1.00 bits per heavy atom. The molecule has 1 aliphatic heterocycles. The van der Waals surface area contributed by atoms with Gasteiger partial charge < -0.3 is 5.32 Å². The maximum atomic E-state index is 12.4. The van der Waals surface area contributed by atoms with Gasteiger partial charge in [0, 0.05) is 31.7 Å². The summed E-state index contributed by atoms with van der Waals surface area (Å²) in [5.41, 5.74) is 0. The van der Waals surface area contributed by atoms with Crippen LogP contribution in [0, 0.1) is 5.92 Å². The van der Waals surface area contributed by atoms with E-state index in [2.05, 4.69) is 10.0 Å². The minimum Gasteiger partial charge on any atom is -0.312 e. The van der Waals surface area contributed by atoms with Crippen LogP contribution >= 0.6 is 0 Å². The molecule has 110 valence electrons. The molecule has 5 nitrogen and oxygen atoms in total. The minimum absolute atomic E-state index is 0.144. The third-order valence-corrected chi connectivity index (χ3v) is 5.98. The van der Waals surface area contributed by atoms with Gasteiger partial charge in [0.2, 0.25) is 0 Å². The van der Waals surface area contributed by atoms with Crippen molar-refractivity contribution in [3.8, 4) is 0 Å². The van der Waals surface area contributed by atoms with Crippen molar-refractivity contribution >= 4 is 10.2 Å². The Kier molecular flexibility index (Phi) is 4.12. The average molecular weight is 287 g/mol. The normalized spacial score (nSPS) is 29.6. The molecular weight excluding hydrogens is 262 g/mol. The topological polar surface area (TPSA) is 61.4 Å². The van der Waals surface area contributed by atoms with Crippen molar-refractivity contribution in [3.63, 3.8) is 0 Å². The van der Waals surface area contributed by atoms with E-state index in [0.29, 0.717) is 25.0 Å². The maximum Gasteiger partial charge on any atom is 0.279 e. The molecular formula is C13H25N3O2S. The van der Waals surface area contributed by atoms with Crippen LogP contribution in [0.4, 0.5) is 0 Å². The number of nitrogens with zero attached hydrogens (tertiary/aromatic N) is 1. The summed E-state index contributed by atoms with van der Waals surface area (Å²) < 4.78 is 29.2.